The predicted molar refractivity (Wildman–Crippen MR) is 91.6 cm³/mol. The molecule has 0 radical (unpaired) electrons. The number of hydrogen-bond donors (Lipinski definition) is 0. The van der Waals surface area contributed by atoms with Crippen LogP contribution in [0, 0.1) is 0 Å². The third kappa shape index (κ3) is 2.78. The zero-order chi connectivity index (χ0) is 14.8. The van der Waals surface area contributed by atoms with E-state index in [9.17, 15) is 0 Å². The van der Waals surface area contributed by atoms with Gasteiger partial charge < -0.3 is 9.47 Å². The molecule has 0 bridgehead atoms. The van der Waals surface area contributed by atoms with Gasteiger partial charge in [-0.1, -0.05) is 57.9 Å². The number of ether oxygens (including phenoxy) is 2. The molecule has 0 atom stereocenters. The SMILES string of the molecule is C1=COC(c2ccccc2P(C2CCCC2)C2CCCC2)O1. The van der Waals surface area contributed by atoms with E-state index >= 15 is 0 Å². The second-order valence-corrected chi connectivity index (χ2v) is 9.48. The molecule has 2 fully saturated rings. The summed E-state index contributed by atoms with van der Waals surface area (Å²) in [4.78, 5) is 0. The Balaban J connectivity index is 1.68. The van der Waals surface area contributed by atoms with Crippen molar-refractivity contribution in [2.45, 2.75) is 69.0 Å². The normalized spacial score (nSPS) is 23.3. The van der Waals surface area contributed by atoms with Gasteiger partial charge >= 0.3 is 0 Å². The second-order valence-electron chi connectivity index (χ2n) is 6.72. The van der Waals surface area contributed by atoms with Gasteiger partial charge in [0.25, 0.3) is 6.29 Å². The lowest BCUT2D eigenvalue weighted by Crippen LogP contribution is -2.23. The molecule has 3 heteroatoms. The summed E-state index contributed by atoms with van der Waals surface area (Å²) in [6.07, 6.45) is 14.6. The standard InChI is InChI=1S/C19H25O2P/c1-2-8-15(7-1)22(16-9-3-4-10-16)18-12-6-5-11-17(18)19-20-13-14-21-19/h5-6,11-16,19H,1-4,7-10H2. The van der Waals surface area contributed by atoms with E-state index in [2.05, 4.69) is 24.3 Å². The van der Waals surface area contributed by atoms with E-state index in [0.29, 0.717) is 0 Å². The molecule has 0 amide bonds. The predicted octanol–water partition coefficient (Wildman–Crippen LogP) is 5.20. The highest BCUT2D eigenvalue weighted by Gasteiger charge is 2.36. The highest BCUT2D eigenvalue weighted by atomic mass is 31.1. The zero-order valence-electron chi connectivity index (χ0n) is 13.1. The quantitative estimate of drug-likeness (QED) is 0.711. The first kappa shape index (κ1) is 14.6. The molecule has 2 nitrogen and oxygen atoms in total. The molecule has 1 aromatic carbocycles. The van der Waals surface area contributed by atoms with Crippen LogP contribution in [0.2, 0.25) is 0 Å². The van der Waals surface area contributed by atoms with Crippen LogP contribution >= 0.6 is 7.92 Å². The van der Waals surface area contributed by atoms with Crippen molar-refractivity contribution >= 4 is 13.2 Å². The van der Waals surface area contributed by atoms with Gasteiger partial charge in [-0.05, 0) is 42.3 Å². The van der Waals surface area contributed by atoms with Crippen molar-refractivity contribution in [3.8, 4) is 0 Å². The molecule has 3 aliphatic rings. The summed E-state index contributed by atoms with van der Waals surface area (Å²) in [5.74, 6) is 0. The lowest BCUT2D eigenvalue weighted by molar-refractivity contribution is -0.0237. The summed E-state index contributed by atoms with van der Waals surface area (Å²) in [7, 11) is -0.0827. The Morgan fingerprint density at radius 2 is 1.32 bits per heavy atom. The lowest BCUT2D eigenvalue weighted by Gasteiger charge is -2.32. The van der Waals surface area contributed by atoms with Crippen molar-refractivity contribution in [3.05, 3.63) is 42.4 Å². The molecule has 0 aromatic heterocycles. The molecule has 2 saturated carbocycles. The van der Waals surface area contributed by atoms with Gasteiger partial charge in [0.1, 0.15) is 12.5 Å². The third-order valence-electron chi connectivity index (χ3n) is 5.36. The topological polar surface area (TPSA) is 18.5 Å². The average molecular weight is 316 g/mol. The van der Waals surface area contributed by atoms with E-state index in [4.69, 9.17) is 9.47 Å². The molecular formula is C19H25O2P. The van der Waals surface area contributed by atoms with Crippen molar-refractivity contribution < 1.29 is 9.47 Å². The number of hydrogen-bond acceptors (Lipinski definition) is 2. The van der Waals surface area contributed by atoms with Crippen LogP contribution in [0.4, 0.5) is 0 Å². The maximum absolute atomic E-state index is 5.66. The van der Waals surface area contributed by atoms with Gasteiger partial charge in [-0.3, -0.25) is 0 Å². The molecule has 0 saturated heterocycles. The first-order valence-corrected chi connectivity index (χ1v) is 10.2. The van der Waals surface area contributed by atoms with Crippen LogP contribution in [-0.4, -0.2) is 11.3 Å². The Bertz CT molecular complexity index is 506. The summed E-state index contributed by atoms with van der Waals surface area (Å²) >= 11 is 0. The molecule has 0 N–H and O–H groups in total. The fourth-order valence-corrected chi connectivity index (χ4v) is 8.33. The van der Waals surface area contributed by atoms with Gasteiger partial charge in [-0.2, -0.15) is 0 Å². The number of benzene rings is 1. The van der Waals surface area contributed by atoms with Crippen molar-refractivity contribution in [3.63, 3.8) is 0 Å². The summed E-state index contributed by atoms with van der Waals surface area (Å²) in [5, 5.41) is 1.56. The minimum absolute atomic E-state index is 0.0827. The van der Waals surface area contributed by atoms with Crippen LogP contribution in [0.5, 0.6) is 0 Å². The fraction of sp³-hybridized carbons (Fsp3) is 0.579. The molecule has 0 spiro atoms. The Hall–Kier alpha value is -1.01. The summed E-state index contributed by atoms with van der Waals surface area (Å²) in [6, 6.07) is 8.91. The minimum Gasteiger partial charge on any atom is -0.455 e. The maximum atomic E-state index is 5.66. The van der Waals surface area contributed by atoms with Crippen molar-refractivity contribution in [1.82, 2.24) is 0 Å². The van der Waals surface area contributed by atoms with Crippen LogP contribution in [0.1, 0.15) is 63.2 Å². The van der Waals surface area contributed by atoms with E-state index in [0.717, 1.165) is 11.3 Å². The number of rotatable bonds is 4. The summed E-state index contributed by atoms with van der Waals surface area (Å²) < 4.78 is 11.3. The first-order valence-electron chi connectivity index (χ1n) is 8.77. The molecule has 118 valence electrons. The van der Waals surface area contributed by atoms with Gasteiger partial charge in [0.2, 0.25) is 0 Å². The smallest absolute Gasteiger partial charge is 0.266 e. The van der Waals surface area contributed by atoms with Crippen molar-refractivity contribution in [2.75, 3.05) is 0 Å². The largest absolute Gasteiger partial charge is 0.455 e. The zero-order valence-corrected chi connectivity index (χ0v) is 14.0. The summed E-state index contributed by atoms with van der Waals surface area (Å²) in [5.41, 5.74) is 3.12. The second kappa shape index (κ2) is 6.62. The van der Waals surface area contributed by atoms with Crippen LogP contribution < -0.4 is 5.30 Å². The minimum atomic E-state index is -0.219. The van der Waals surface area contributed by atoms with Gasteiger partial charge in [-0.25, -0.2) is 0 Å². The van der Waals surface area contributed by atoms with E-state index in [1.165, 1.54) is 56.9 Å². The lowest BCUT2D eigenvalue weighted by atomic mass is 10.2. The van der Waals surface area contributed by atoms with E-state index in [-0.39, 0.29) is 14.2 Å². The van der Waals surface area contributed by atoms with Gasteiger partial charge in [0.05, 0.1) is 0 Å². The van der Waals surface area contributed by atoms with Gasteiger partial charge in [0, 0.05) is 5.56 Å². The average Bonchev–Trinajstić information content (AvgIpc) is 3.32. The third-order valence-corrected chi connectivity index (χ3v) is 8.93. The molecular weight excluding hydrogens is 291 g/mol. The first-order chi connectivity index (χ1) is 10.9. The Labute approximate surface area is 134 Å². The molecule has 1 aliphatic heterocycles. The van der Waals surface area contributed by atoms with Crippen LogP contribution in [-0.2, 0) is 9.47 Å². The van der Waals surface area contributed by atoms with E-state index < -0.39 is 0 Å². The highest BCUT2D eigenvalue weighted by molar-refractivity contribution is 7.67. The van der Waals surface area contributed by atoms with E-state index in [1.54, 1.807) is 17.8 Å². The van der Waals surface area contributed by atoms with Crippen LogP contribution in [0.3, 0.4) is 0 Å². The van der Waals surface area contributed by atoms with Crippen LogP contribution in [0.15, 0.2) is 36.8 Å². The van der Waals surface area contributed by atoms with E-state index in [1.807, 2.05) is 0 Å². The van der Waals surface area contributed by atoms with Gasteiger partial charge in [-0.15, -0.1) is 0 Å². The fourth-order valence-electron chi connectivity index (χ4n) is 4.36. The Morgan fingerprint density at radius 1 is 0.773 bits per heavy atom. The maximum Gasteiger partial charge on any atom is 0.266 e. The molecule has 22 heavy (non-hydrogen) atoms. The van der Waals surface area contributed by atoms with Crippen molar-refractivity contribution in [2.24, 2.45) is 0 Å². The summed E-state index contributed by atoms with van der Waals surface area (Å²) in [6.45, 7) is 0. The molecule has 4 rings (SSSR count). The Morgan fingerprint density at radius 3 is 1.91 bits per heavy atom. The monoisotopic (exact) mass is 316 g/mol. The van der Waals surface area contributed by atoms with Crippen LogP contribution in [0.25, 0.3) is 0 Å². The molecule has 2 aliphatic carbocycles. The highest BCUT2D eigenvalue weighted by Crippen LogP contribution is 2.57. The van der Waals surface area contributed by atoms with Crippen molar-refractivity contribution in [1.29, 1.82) is 0 Å². The Kier molecular flexibility index (Phi) is 4.39. The molecule has 1 heterocycles. The molecule has 0 unspecified atom stereocenters. The molecule has 1 aromatic rings. The van der Waals surface area contributed by atoms with Gasteiger partial charge in [0.15, 0.2) is 0 Å².